The van der Waals surface area contributed by atoms with Gasteiger partial charge in [-0.2, -0.15) is 9.98 Å². The van der Waals surface area contributed by atoms with Gasteiger partial charge in [-0.3, -0.25) is 4.90 Å². The van der Waals surface area contributed by atoms with Gasteiger partial charge in [-0.05, 0) is 70.3 Å². The Balaban J connectivity index is 0.00000180. The molecular weight excluding hydrogens is 543 g/mol. The minimum Gasteiger partial charge on any atom is -0.512 e. The van der Waals surface area contributed by atoms with E-state index in [0.29, 0.717) is 36.9 Å². The average molecular weight is 591 g/mol. The van der Waals surface area contributed by atoms with E-state index in [2.05, 4.69) is 41.2 Å². The summed E-state index contributed by atoms with van der Waals surface area (Å²) in [5.74, 6) is 1.60. The largest absolute Gasteiger partial charge is 0.512 e. The maximum Gasteiger partial charge on any atom is 0.253 e. The highest BCUT2D eigenvalue weighted by atomic mass is 19.1. The number of alkyl halides is 1. The molecule has 6 rings (SSSR count). The number of nitrogens with zero attached hydrogens (tertiary/aromatic N) is 7. The second-order valence-electron chi connectivity index (χ2n) is 11.9. The molecule has 5 heterocycles. The Morgan fingerprint density at radius 2 is 1.79 bits per heavy atom. The minimum atomic E-state index is -1.06. The first-order chi connectivity index (χ1) is 20.8. The fourth-order valence-corrected chi connectivity index (χ4v) is 6.83. The van der Waals surface area contributed by atoms with Gasteiger partial charge < -0.3 is 19.9 Å². The zero-order valence-corrected chi connectivity index (χ0v) is 26.2. The van der Waals surface area contributed by atoms with Crippen LogP contribution in [0.3, 0.4) is 0 Å². The van der Waals surface area contributed by atoms with Crippen LogP contribution in [0.4, 0.5) is 15.9 Å². The van der Waals surface area contributed by atoms with Crippen molar-refractivity contribution in [1.29, 1.82) is 0 Å². The molecule has 9 nitrogen and oxygen atoms in total. The van der Waals surface area contributed by atoms with Crippen LogP contribution in [0.15, 0.2) is 29.5 Å². The van der Waals surface area contributed by atoms with Crippen molar-refractivity contribution in [3.63, 3.8) is 0 Å². The van der Waals surface area contributed by atoms with Gasteiger partial charge in [-0.1, -0.05) is 33.3 Å². The molecule has 1 aromatic heterocycles. The Bertz CT molecular complexity index is 1530. The molecule has 1 aliphatic carbocycles. The number of nitrogens with one attached hydrogen (secondary N) is 1. The molecule has 0 atom stereocenters. The number of hydrogen-bond donors (Lipinski definition) is 2. The molecule has 2 N–H and O–H groups in total. The number of aromatic nitrogens is 4. The number of rotatable bonds is 5. The lowest BCUT2D eigenvalue weighted by molar-refractivity contribution is 0.0591. The summed E-state index contributed by atoms with van der Waals surface area (Å²) < 4.78 is 17.3. The lowest BCUT2D eigenvalue weighted by Crippen LogP contribution is -2.53. The highest BCUT2D eigenvalue weighted by Crippen LogP contribution is 2.32. The van der Waals surface area contributed by atoms with Crippen LogP contribution in [0.25, 0.3) is 23.7 Å². The first-order valence-corrected chi connectivity index (χ1v) is 16.0. The third-order valence-corrected chi connectivity index (χ3v) is 9.09. The molecular formula is C33H47FN8O. The second kappa shape index (κ2) is 13.5. The molecule has 0 amide bonds. The number of aliphatic hydroxyl groups excluding tert-OH is 1. The van der Waals surface area contributed by atoms with E-state index < -0.39 is 5.67 Å². The molecule has 4 aliphatic heterocycles. The molecule has 1 aromatic rings. The molecule has 0 radical (unpaired) electrons. The quantitative estimate of drug-likeness (QED) is 0.467. The molecule has 0 bridgehead atoms. The second-order valence-corrected chi connectivity index (χ2v) is 11.9. The molecule has 5 aliphatic rings. The zero-order chi connectivity index (χ0) is 30.6. The Morgan fingerprint density at radius 3 is 2.42 bits per heavy atom. The van der Waals surface area contributed by atoms with Gasteiger partial charge in [-0.25, -0.2) is 14.4 Å². The van der Waals surface area contributed by atoms with Gasteiger partial charge in [0.15, 0.2) is 5.82 Å². The van der Waals surface area contributed by atoms with Crippen LogP contribution in [0, 0.1) is 6.92 Å². The predicted molar refractivity (Wildman–Crippen MR) is 171 cm³/mol. The summed E-state index contributed by atoms with van der Waals surface area (Å²) in [5.41, 5.74) is 2.15. The number of anilines is 1. The number of hydrogen-bond acceptors (Lipinski definition) is 8. The first kappa shape index (κ1) is 31.1. The van der Waals surface area contributed by atoms with E-state index in [1.165, 1.54) is 12.8 Å². The van der Waals surface area contributed by atoms with Crippen LogP contribution in [0.1, 0.15) is 70.9 Å². The smallest absolute Gasteiger partial charge is 0.253 e. The van der Waals surface area contributed by atoms with Crippen LogP contribution in [-0.4, -0.2) is 81.0 Å². The van der Waals surface area contributed by atoms with Gasteiger partial charge in [0.05, 0.1) is 17.6 Å². The highest BCUT2D eigenvalue weighted by Gasteiger charge is 2.34. The Labute approximate surface area is 254 Å². The summed E-state index contributed by atoms with van der Waals surface area (Å²) in [4.78, 5) is 23.2. The normalized spacial score (nSPS) is 20.7. The average Bonchev–Trinajstić information content (AvgIpc) is 3.54. The lowest BCUT2D eigenvalue weighted by Gasteiger charge is -2.40. The molecule has 0 aromatic carbocycles. The minimum absolute atomic E-state index is 0.258. The van der Waals surface area contributed by atoms with E-state index in [0.717, 1.165) is 85.3 Å². The number of fused-ring (bicyclic) bond motifs is 1. The zero-order valence-electron chi connectivity index (χ0n) is 26.2. The number of piperidine rings is 1. The molecule has 232 valence electrons. The van der Waals surface area contributed by atoms with Gasteiger partial charge in [0.1, 0.15) is 11.5 Å². The van der Waals surface area contributed by atoms with Gasteiger partial charge in [0.25, 0.3) is 5.62 Å². The maximum absolute atomic E-state index is 15.1. The Hall–Kier alpha value is -3.37. The van der Waals surface area contributed by atoms with Gasteiger partial charge >= 0.3 is 0 Å². The van der Waals surface area contributed by atoms with E-state index in [1.807, 2.05) is 39.1 Å². The first-order valence-electron chi connectivity index (χ1n) is 16.0. The third kappa shape index (κ3) is 6.75. The fourth-order valence-electron chi connectivity index (χ4n) is 6.83. The standard InChI is InChI=1S/C31H41FN8O.C2H6/c1-21-26-19-35-30(37-29(26)40(24-6-4-5-7-24)22(2)28(21)23(3)41)36-27-9-8-25(18-34-27)39-16-14-38(15-17-39)20-31(32)10-12-33-13-11-31;1-2/h8-9,18-19,24,33,41H,2,4-7,10-17,20H2,1,3H3;1-2H3/b28-23+,36-30?;. The Kier molecular flexibility index (Phi) is 9.76. The van der Waals surface area contributed by atoms with Crippen molar-refractivity contribution in [1.82, 2.24) is 29.7 Å². The molecule has 43 heavy (non-hydrogen) atoms. The van der Waals surface area contributed by atoms with Gasteiger partial charge in [0.2, 0.25) is 0 Å². The number of halogens is 1. The third-order valence-electron chi connectivity index (χ3n) is 9.09. The van der Waals surface area contributed by atoms with Crippen molar-refractivity contribution in [2.24, 2.45) is 4.99 Å². The van der Waals surface area contributed by atoms with Crippen LogP contribution in [0.2, 0.25) is 0 Å². The molecule has 0 spiro atoms. The monoisotopic (exact) mass is 590 g/mol. The van der Waals surface area contributed by atoms with Crippen molar-refractivity contribution < 1.29 is 9.50 Å². The van der Waals surface area contributed by atoms with Crippen LogP contribution in [-0.2, 0) is 0 Å². The number of piperazine rings is 1. The maximum atomic E-state index is 15.1. The van der Waals surface area contributed by atoms with Gasteiger partial charge in [0, 0.05) is 61.1 Å². The van der Waals surface area contributed by atoms with Crippen molar-refractivity contribution in [2.75, 3.05) is 50.7 Å². The van der Waals surface area contributed by atoms with Crippen LogP contribution < -0.4 is 26.4 Å². The molecule has 2 saturated heterocycles. The number of aliphatic hydroxyl groups is 1. The summed E-state index contributed by atoms with van der Waals surface area (Å²) in [6.45, 7) is 17.5. The molecule has 10 heteroatoms. The van der Waals surface area contributed by atoms with Crippen molar-refractivity contribution in [2.45, 2.75) is 77.9 Å². The lowest BCUT2D eigenvalue weighted by atomic mass is 9.93. The predicted octanol–water partition coefficient (Wildman–Crippen LogP) is 3.77. The summed E-state index contributed by atoms with van der Waals surface area (Å²) in [6.07, 6.45) is 9.32. The van der Waals surface area contributed by atoms with Crippen molar-refractivity contribution >= 4 is 23.8 Å². The highest BCUT2D eigenvalue weighted by molar-refractivity contribution is 5.62. The van der Waals surface area contributed by atoms with Crippen molar-refractivity contribution in [3.8, 4) is 11.4 Å². The molecule has 1 saturated carbocycles. The van der Waals surface area contributed by atoms with Crippen LogP contribution >= 0.6 is 0 Å². The number of pyridine rings is 2. The summed E-state index contributed by atoms with van der Waals surface area (Å²) in [7, 11) is 0. The molecule has 3 fully saturated rings. The summed E-state index contributed by atoms with van der Waals surface area (Å²) in [6, 6.07) is 4.23. The van der Waals surface area contributed by atoms with Gasteiger partial charge in [-0.15, -0.1) is 0 Å². The SMILES string of the molecule is C=c1/c(=C(\C)O)c(C)c2cnc(=Nc3ccc(N4CCN(CC5(F)CCNCC5)CC4)cn3)nc-2n1C1CCCC1.CC. The summed E-state index contributed by atoms with van der Waals surface area (Å²) >= 11 is 0. The van der Waals surface area contributed by atoms with E-state index >= 15 is 4.39 Å². The molecule has 0 unspecified atom stereocenters. The topological polar surface area (TPSA) is 94.7 Å². The van der Waals surface area contributed by atoms with E-state index in [1.54, 1.807) is 13.1 Å². The summed E-state index contributed by atoms with van der Waals surface area (Å²) in [5, 5.41) is 15.2. The van der Waals surface area contributed by atoms with Crippen LogP contribution in [0.5, 0.6) is 0 Å². The van der Waals surface area contributed by atoms with Crippen molar-refractivity contribution in [3.05, 3.63) is 46.3 Å². The van der Waals surface area contributed by atoms with E-state index in [-0.39, 0.29) is 5.76 Å². The van der Waals surface area contributed by atoms with E-state index in [4.69, 9.17) is 4.98 Å². The Morgan fingerprint density at radius 1 is 1.09 bits per heavy atom. The fraction of sp³-hybridized carbons (Fsp3) is 0.576. The van der Waals surface area contributed by atoms with E-state index in [9.17, 15) is 5.11 Å².